The van der Waals surface area contributed by atoms with Crippen LogP contribution in [0.3, 0.4) is 0 Å². The molecule has 0 amide bonds. The van der Waals surface area contributed by atoms with Gasteiger partial charge in [0.15, 0.2) is 5.79 Å². The van der Waals surface area contributed by atoms with Crippen LogP contribution in [-0.2, 0) is 9.47 Å². The maximum Gasteiger partial charge on any atom is 0.170 e. The maximum absolute atomic E-state index is 5.75. The van der Waals surface area contributed by atoms with Gasteiger partial charge in [0.2, 0.25) is 0 Å². The van der Waals surface area contributed by atoms with E-state index in [1.54, 1.807) is 0 Å². The molecule has 0 radical (unpaired) electrons. The fourth-order valence-corrected chi connectivity index (χ4v) is 2.12. The molecule has 1 spiro atoms. The second-order valence-electron chi connectivity index (χ2n) is 4.60. The summed E-state index contributed by atoms with van der Waals surface area (Å²) in [6, 6.07) is 0. The first-order chi connectivity index (χ1) is 7.76. The normalized spacial score (nSPS) is 24.9. The molecule has 0 bridgehead atoms. The molecule has 0 aliphatic carbocycles. The second kappa shape index (κ2) is 7.25. The Labute approximate surface area is 100 Å². The molecule has 3 nitrogen and oxygen atoms in total. The molecule has 0 aromatic heterocycles. The van der Waals surface area contributed by atoms with Crippen LogP contribution in [0.4, 0.5) is 0 Å². The van der Waals surface area contributed by atoms with E-state index in [1.165, 1.54) is 6.42 Å². The van der Waals surface area contributed by atoms with E-state index >= 15 is 0 Å². The smallest absolute Gasteiger partial charge is 0.170 e. The van der Waals surface area contributed by atoms with Gasteiger partial charge in [-0.25, -0.2) is 0 Å². The molecule has 2 saturated heterocycles. The van der Waals surface area contributed by atoms with Crippen molar-refractivity contribution in [3.8, 4) is 0 Å². The zero-order valence-electron chi connectivity index (χ0n) is 11.1. The molecule has 2 rings (SSSR count). The molecular formula is C13H27NO2. The van der Waals surface area contributed by atoms with Crippen LogP contribution in [0, 0.1) is 0 Å². The van der Waals surface area contributed by atoms with E-state index in [-0.39, 0.29) is 5.79 Å². The number of ether oxygens (including phenoxy) is 2. The van der Waals surface area contributed by atoms with E-state index in [2.05, 4.69) is 25.7 Å². The third-order valence-electron chi connectivity index (χ3n) is 3.08. The van der Waals surface area contributed by atoms with Gasteiger partial charge >= 0.3 is 0 Å². The number of nitrogens with zero attached hydrogens (tertiary/aromatic N) is 1. The Hall–Kier alpha value is -0.120. The summed E-state index contributed by atoms with van der Waals surface area (Å²) in [6.07, 6.45) is 4.39. The molecule has 96 valence electrons. The lowest BCUT2D eigenvalue weighted by atomic mass is 10.0. The molecule has 0 N–H and O–H groups in total. The zero-order valence-corrected chi connectivity index (χ0v) is 11.1. The molecule has 3 heteroatoms. The molecule has 2 aliphatic heterocycles. The Balaban J connectivity index is 0.000000386. The summed E-state index contributed by atoms with van der Waals surface area (Å²) in [5.41, 5.74) is 0. The Morgan fingerprint density at radius 3 is 1.94 bits per heavy atom. The fraction of sp³-hybridized carbons (Fsp3) is 1.00. The van der Waals surface area contributed by atoms with E-state index in [4.69, 9.17) is 9.47 Å². The van der Waals surface area contributed by atoms with Crippen molar-refractivity contribution in [3.63, 3.8) is 0 Å². The first kappa shape index (κ1) is 13.9. The van der Waals surface area contributed by atoms with Crippen LogP contribution in [0.25, 0.3) is 0 Å². The van der Waals surface area contributed by atoms with Crippen LogP contribution in [0.1, 0.15) is 46.5 Å². The third kappa shape index (κ3) is 4.04. The SMILES string of the molecule is CCC.CCN1CCC2(CC1)OCCCO2. The van der Waals surface area contributed by atoms with Crippen LogP contribution in [0.15, 0.2) is 0 Å². The zero-order chi connectivity index (χ0) is 11.9. The monoisotopic (exact) mass is 229 g/mol. The van der Waals surface area contributed by atoms with E-state index in [0.717, 1.165) is 52.1 Å². The third-order valence-corrected chi connectivity index (χ3v) is 3.08. The van der Waals surface area contributed by atoms with Crippen molar-refractivity contribution in [1.29, 1.82) is 0 Å². The Bertz CT molecular complexity index is 169. The summed E-state index contributed by atoms with van der Waals surface area (Å²) in [5, 5.41) is 0. The van der Waals surface area contributed by atoms with Crippen molar-refractivity contribution in [3.05, 3.63) is 0 Å². The predicted octanol–water partition coefficient (Wildman–Crippen LogP) is 2.65. The number of hydrogen-bond donors (Lipinski definition) is 0. The average molecular weight is 229 g/mol. The first-order valence-electron chi connectivity index (χ1n) is 6.76. The maximum atomic E-state index is 5.75. The minimum absolute atomic E-state index is 0.204. The highest BCUT2D eigenvalue weighted by molar-refractivity contribution is 4.81. The van der Waals surface area contributed by atoms with Crippen LogP contribution in [0.5, 0.6) is 0 Å². The van der Waals surface area contributed by atoms with E-state index in [0.29, 0.717) is 0 Å². The van der Waals surface area contributed by atoms with Gasteiger partial charge in [-0.1, -0.05) is 27.2 Å². The van der Waals surface area contributed by atoms with Gasteiger partial charge in [-0.15, -0.1) is 0 Å². The highest BCUT2D eigenvalue weighted by atomic mass is 16.7. The molecule has 0 atom stereocenters. The van der Waals surface area contributed by atoms with Gasteiger partial charge in [-0.3, -0.25) is 0 Å². The van der Waals surface area contributed by atoms with E-state index in [9.17, 15) is 0 Å². The topological polar surface area (TPSA) is 21.7 Å². The van der Waals surface area contributed by atoms with E-state index < -0.39 is 0 Å². The second-order valence-corrected chi connectivity index (χ2v) is 4.60. The van der Waals surface area contributed by atoms with Crippen LogP contribution < -0.4 is 0 Å². The van der Waals surface area contributed by atoms with Crippen molar-refractivity contribution in [2.24, 2.45) is 0 Å². The lowest BCUT2D eigenvalue weighted by Gasteiger charge is -2.43. The molecule has 2 fully saturated rings. The Morgan fingerprint density at radius 1 is 1.00 bits per heavy atom. The minimum atomic E-state index is -0.204. The lowest BCUT2D eigenvalue weighted by Crippen LogP contribution is -2.49. The molecule has 2 heterocycles. The molecule has 16 heavy (non-hydrogen) atoms. The molecule has 0 saturated carbocycles. The molecule has 0 aromatic carbocycles. The van der Waals surface area contributed by atoms with Gasteiger partial charge in [0.1, 0.15) is 0 Å². The summed E-state index contributed by atoms with van der Waals surface area (Å²) in [6.45, 7) is 11.6. The van der Waals surface area contributed by atoms with Crippen molar-refractivity contribution in [2.75, 3.05) is 32.8 Å². The fourth-order valence-electron chi connectivity index (χ4n) is 2.12. The summed E-state index contributed by atoms with van der Waals surface area (Å²) in [5.74, 6) is -0.204. The van der Waals surface area contributed by atoms with Gasteiger partial charge in [0, 0.05) is 25.9 Å². The number of piperidine rings is 1. The molecule has 0 unspecified atom stereocenters. The van der Waals surface area contributed by atoms with E-state index in [1.807, 2.05) is 0 Å². The Kier molecular flexibility index (Phi) is 6.32. The van der Waals surface area contributed by atoms with Gasteiger partial charge < -0.3 is 14.4 Å². The highest BCUT2D eigenvalue weighted by Gasteiger charge is 2.37. The largest absolute Gasteiger partial charge is 0.350 e. The van der Waals surface area contributed by atoms with Crippen molar-refractivity contribution >= 4 is 0 Å². The number of likely N-dealkylation sites (tertiary alicyclic amines) is 1. The number of hydrogen-bond acceptors (Lipinski definition) is 3. The quantitative estimate of drug-likeness (QED) is 0.690. The molecular weight excluding hydrogens is 202 g/mol. The van der Waals surface area contributed by atoms with Gasteiger partial charge in [-0.05, 0) is 13.0 Å². The van der Waals surface area contributed by atoms with Gasteiger partial charge in [0.05, 0.1) is 13.2 Å². The number of rotatable bonds is 1. The van der Waals surface area contributed by atoms with Crippen LogP contribution >= 0.6 is 0 Å². The van der Waals surface area contributed by atoms with Gasteiger partial charge in [-0.2, -0.15) is 0 Å². The molecule has 0 aromatic rings. The average Bonchev–Trinajstić information content (AvgIpc) is 2.32. The summed E-state index contributed by atoms with van der Waals surface area (Å²) >= 11 is 0. The van der Waals surface area contributed by atoms with Crippen LogP contribution in [0.2, 0.25) is 0 Å². The molecule has 2 aliphatic rings. The van der Waals surface area contributed by atoms with Crippen molar-refractivity contribution in [1.82, 2.24) is 4.90 Å². The minimum Gasteiger partial charge on any atom is -0.350 e. The summed E-state index contributed by atoms with van der Waals surface area (Å²) in [4.78, 5) is 2.45. The Morgan fingerprint density at radius 2 is 1.50 bits per heavy atom. The summed E-state index contributed by atoms with van der Waals surface area (Å²) in [7, 11) is 0. The lowest BCUT2D eigenvalue weighted by molar-refractivity contribution is -0.283. The highest BCUT2D eigenvalue weighted by Crippen LogP contribution is 2.30. The van der Waals surface area contributed by atoms with Crippen LogP contribution in [-0.4, -0.2) is 43.5 Å². The van der Waals surface area contributed by atoms with Crippen molar-refractivity contribution < 1.29 is 9.47 Å². The predicted molar refractivity (Wildman–Crippen MR) is 66.6 cm³/mol. The first-order valence-corrected chi connectivity index (χ1v) is 6.76. The van der Waals surface area contributed by atoms with Crippen molar-refractivity contribution in [2.45, 2.75) is 52.2 Å². The summed E-state index contributed by atoms with van der Waals surface area (Å²) < 4.78 is 11.5. The standard InChI is InChI=1S/C10H19NO2.C3H8/c1-2-11-6-4-10(5-7-11)12-8-3-9-13-10;1-3-2/h2-9H2,1H3;3H2,1-2H3. The van der Waals surface area contributed by atoms with Gasteiger partial charge in [0.25, 0.3) is 0 Å².